The molecule has 1 heterocycles. The first kappa shape index (κ1) is 18.2. The third kappa shape index (κ3) is 7.32. The summed E-state index contributed by atoms with van der Waals surface area (Å²) >= 11 is 0. The van der Waals surface area contributed by atoms with Gasteiger partial charge in [0, 0.05) is 0 Å². The molecule has 1 N–H and O–H groups in total. The molecule has 0 radical (unpaired) electrons. The Labute approximate surface area is 141 Å². The molecule has 0 spiro atoms. The summed E-state index contributed by atoms with van der Waals surface area (Å²) in [5.74, 6) is 0. The summed E-state index contributed by atoms with van der Waals surface area (Å²) < 4.78 is 5.63. The SMILES string of the molecule is CCCCCCCCCC[C@H]1O[C@@H]1[C@@H](O)/C=C/c1ccccc1. The molecule has 1 aliphatic rings. The van der Waals surface area contributed by atoms with Crippen molar-refractivity contribution >= 4 is 6.08 Å². The van der Waals surface area contributed by atoms with Crippen molar-refractivity contribution in [2.24, 2.45) is 0 Å². The molecule has 0 bridgehead atoms. The largest absolute Gasteiger partial charge is 0.386 e. The normalized spacial score (nSPS) is 21.7. The van der Waals surface area contributed by atoms with Gasteiger partial charge in [-0.1, -0.05) is 101 Å². The zero-order chi connectivity index (χ0) is 16.3. The van der Waals surface area contributed by atoms with E-state index < -0.39 is 6.10 Å². The highest BCUT2D eigenvalue weighted by molar-refractivity contribution is 5.49. The first-order valence-electron chi connectivity index (χ1n) is 9.38. The van der Waals surface area contributed by atoms with Gasteiger partial charge in [-0.2, -0.15) is 0 Å². The van der Waals surface area contributed by atoms with E-state index in [1.165, 1.54) is 51.4 Å². The highest BCUT2D eigenvalue weighted by Crippen LogP contribution is 2.31. The zero-order valence-electron chi connectivity index (χ0n) is 14.5. The number of hydrogen-bond acceptors (Lipinski definition) is 2. The van der Waals surface area contributed by atoms with Gasteiger partial charge in [0.25, 0.3) is 0 Å². The van der Waals surface area contributed by atoms with Gasteiger partial charge < -0.3 is 9.84 Å². The molecule has 2 nitrogen and oxygen atoms in total. The minimum Gasteiger partial charge on any atom is -0.386 e. The van der Waals surface area contributed by atoms with E-state index in [4.69, 9.17) is 4.74 Å². The van der Waals surface area contributed by atoms with Crippen LogP contribution in [0.3, 0.4) is 0 Å². The van der Waals surface area contributed by atoms with E-state index in [1.807, 2.05) is 42.5 Å². The summed E-state index contributed by atoms with van der Waals surface area (Å²) in [7, 11) is 0. The molecule has 3 atom stereocenters. The van der Waals surface area contributed by atoms with Crippen LogP contribution in [-0.4, -0.2) is 23.4 Å². The van der Waals surface area contributed by atoms with E-state index in [1.54, 1.807) is 0 Å². The van der Waals surface area contributed by atoms with Gasteiger partial charge in [-0.3, -0.25) is 0 Å². The van der Waals surface area contributed by atoms with Gasteiger partial charge in [0.05, 0.1) is 6.10 Å². The standard InChI is InChI=1S/C21H32O2/c1-2-3-4-5-6-7-8-12-15-20-21(23-20)19(22)17-16-18-13-10-9-11-14-18/h9-11,13-14,16-17,19-22H,2-8,12,15H2,1H3/b17-16+/t19-,20+,21+/m0/s1. The molecule has 1 aromatic rings. The van der Waals surface area contributed by atoms with Gasteiger partial charge in [-0.05, 0) is 12.0 Å². The van der Waals surface area contributed by atoms with Crippen LogP contribution in [-0.2, 0) is 4.74 Å². The lowest BCUT2D eigenvalue weighted by Crippen LogP contribution is -2.13. The fourth-order valence-electron chi connectivity index (χ4n) is 3.05. The predicted molar refractivity (Wildman–Crippen MR) is 97.4 cm³/mol. The second-order valence-electron chi connectivity index (χ2n) is 6.66. The molecule has 128 valence electrons. The van der Waals surface area contributed by atoms with Crippen LogP contribution in [0.2, 0.25) is 0 Å². The number of rotatable bonds is 12. The molecule has 0 unspecified atom stereocenters. The van der Waals surface area contributed by atoms with Crippen LogP contribution < -0.4 is 0 Å². The fraction of sp³-hybridized carbons (Fsp3) is 0.619. The molecule has 0 amide bonds. The number of benzene rings is 1. The quantitative estimate of drug-likeness (QED) is 0.416. The van der Waals surface area contributed by atoms with Gasteiger partial charge in [0.2, 0.25) is 0 Å². The molecular weight excluding hydrogens is 284 g/mol. The second-order valence-corrected chi connectivity index (χ2v) is 6.66. The number of epoxide rings is 1. The average molecular weight is 316 g/mol. The van der Waals surface area contributed by atoms with Crippen molar-refractivity contribution in [3.8, 4) is 0 Å². The molecule has 0 aliphatic carbocycles. The van der Waals surface area contributed by atoms with E-state index >= 15 is 0 Å². The van der Waals surface area contributed by atoms with Crippen LogP contribution in [0.5, 0.6) is 0 Å². The maximum Gasteiger partial charge on any atom is 0.114 e. The van der Waals surface area contributed by atoms with E-state index in [-0.39, 0.29) is 12.2 Å². The Bertz CT molecular complexity index is 440. The Kier molecular flexibility index (Phi) is 8.41. The zero-order valence-corrected chi connectivity index (χ0v) is 14.5. The third-order valence-corrected chi connectivity index (χ3v) is 4.59. The summed E-state index contributed by atoms with van der Waals surface area (Å²) in [6.45, 7) is 2.26. The molecule has 23 heavy (non-hydrogen) atoms. The van der Waals surface area contributed by atoms with Crippen molar-refractivity contribution in [2.45, 2.75) is 83.0 Å². The van der Waals surface area contributed by atoms with E-state index in [2.05, 4.69) is 6.92 Å². The lowest BCUT2D eigenvalue weighted by Gasteiger charge is -2.02. The van der Waals surface area contributed by atoms with Crippen molar-refractivity contribution < 1.29 is 9.84 Å². The van der Waals surface area contributed by atoms with E-state index in [0.29, 0.717) is 0 Å². The summed E-state index contributed by atoms with van der Waals surface area (Å²) in [4.78, 5) is 0. The molecular formula is C21H32O2. The average Bonchev–Trinajstić information content (AvgIpc) is 3.36. The van der Waals surface area contributed by atoms with E-state index in [9.17, 15) is 5.11 Å². The maximum absolute atomic E-state index is 10.1. The van der Waals surface area contributed by atoms with Crippen molar-refractivity contribution in [3.05, 3.63) is 42.0 Å². The van der Waals surface area contributed by atoms with Gasteiger partial charge in [0.15, 0.2) is 0 Å². The number of aliphatic hydroxyl groups excluding tert-OH is 1. The first-order valence-corrected chi connectivity index (χ1v) is 9.38. The number of aliphatic hydroxyl groups is 1. The molecule has 2 heteroatoms. The van der Waals surface area contributed by atoms with Gasteiger partial charge in [-0.15, -0.1) is 0 Å². The molecule has 0 aromatic heterocycles. The fourth-order valence-corrected chi connectivity index (χ4v) is 3.05. The summed E-state index contributed by atoms with van der Waals surface area (Å²) in [5, 5.41) is 10.1. The molecule has 1 aliphatic heterocycles. The summed E-state index contributed by atoms with van der Waals surface area (Å²) in [6, 6.07) is 10.1. The number of hydrogen-bond donors (Lipinski definition) is 1. The smallest absolute Gasteiger partial charge is 0.114 e. The Morgan fingerprint density at radius 1 is 1.00 bits per heavy atom. The van der Waals surface area contributed by atoms with Crippen molar-refractivity contribution in [1.29, 1.82) is 0 Å². The highest BCUT2D eigenvalue weighted by atomic mass is 16.6. The van der Waals surface area contributed by atoms with Crippen LogP contribution in [0.4, 0.5) is 0 Å². The summed E-state index contributed by atoms with van der Waals surface area (Å²) in [5.41, 5.74) is 1.12. The Morgan fingerprint density at radius 2 is 1.65 bits per heavy atom. The Balaban J connectivity index is 1.51. The summed E-state index contributed by atoms with van der Waals surface area (Å²) in [6.07, 6.45) is 15.5. The van der Waals surface area contributed by atoms with Gasteiger partial charge in [0.1, 0.15) is 12.2 Å². The lowest BCUT2D eigenvalue weighted by molar-refractivity contribution is 0.178. The van der Waals surface area contributed by atoms with Crippen molar-refractivity contribution in [1.82, 2.24) is 0 Å². The van der Waals surface area contributed by atoms with Crippen LogP contribution in [0.15, 0.2) is 36.4 Å². The van der Waals surface area contributed by atoms with E-state index in [0.717, 1.165) is 12.0 Å². The Hall–Kier alpha value is -1.12. The highest BCUT2D eigenvalue weighted by Gasteiger charge is 2.42. The van der Waals surface area contributed by atoms with Gasteiger partial charge in [-0.25, -0.2) is 0 Å². The van der Waals surface area contributed by atoms with Crippen LogP contribution in [0, 0.1) is 0 Å². The Morgan fingerprint density at radius 3 is 2.35 bits per heavy atom. The topological polar surface area (TPSA) is 32.8 Å². The number of unbranched alkanes of at least 4 members (excludes halogenated alkanes) is 7. The minimum atomic E-state index is -0.478. The van der Waals surface area contributed by atoms with Crippen LogP contribution in [0.1, 0.15) is 70.3 Å². The molecule has 0 saturated carbocycles. The molecule has 1 fully saturated rings. The van der Waals surface area contributed by atoms with Crippen LogP contribution in [0.25, 0.3) is 6.08 Å². The third-order valence-electron chi connectivity index (χ3n) is 4.59. The lowest BCUT2D eigenvalue weighted by atomic mass is 10.0. The van der Waals surface area contributed by atoms with Gasteiger partial charge >= 0.3 is 0 Å². The first-order chi connectivity index (χ1) is 11.3. The second kappa shape index (κ2) is 10.6. The predicted octanol–water partition coefficient (Wildman–Crippen LogP) is 5.36. The maximum atomic E-state index is 10.1. The molecule has 1 saturated heterocycles. The molecule has 1 aromatic carbocycles. The minimum absolute atomic E-state index is 0.0134. The molecule has 2 rings (SSSR count). The van der Waals surface area contributed by atoms with Crippen molar-refractivity contribution in [3.63, 3.8) is 0 Å². The number of ether oxygens (including phenoxy) is 1. The van der Waals surface area contributed by atoms with Crippen LogP contribution >= 0.6 is 0 Å². The van der Waals surface area contributed by atoms with Crippen molar-refractivity contribution in [2.75, 3.05) is 0 Å². The monoisotopic (exact) mass is 316 g/mol.